The largest absolute Gasteiger partial charge is 0.463 e. The van der Waals surface area contributed by atoms with Gasteiger partial charge in [0, 0.05) is 43.7 Å². The number of benzene rings is 3. The number of nitrogens with zero attached hydrogens (tertiary/aromatic N) is 2. The first kappa shape index (κ1) is 32.8. The number of carbonyl (C=O) groups is 3. The molecule has 2 aliphatic heterocycles. The number of carbonyl (C=O) groups excluding carboxylic acids is 3. The molecule has 0 aliphatic carbocycles. The Morgan fingerprint density at radius 1 is 0.875 bits per heavy atom. The molecule has 9 heteroatoms. The van der Waals surface area contributed by atoms with Crippen LogP contribution in [0.25, 0.3) is 0 Å². The number of amides is 2. The van der Waals surface area contributed by atoms with Crippen molar-refractivity contribution in [2.24, 2.45) is 0 Å². The van der Waals surface area contributed by atoms with Gasteiger partial charge in [0.25, 0.3) is 5.91 Å². The molecule has 1 saturated heterocycles. The maximum absolute atomic E-state index is 13.6. The normalized spacial score (nSPS) is 17.3. The van der Waals surface area contributed by atoms with Gasteiger partial charge < -0.3 is 24.1 Å². The van der Waals surface area contributed by atoms with E-state index in [9.17, 15) is 14.4 Å². The summed E-state index contributed by atoms with van der Waals surface area (Å²) < 4.78 is 17.4. The Kier molecular flexibility index (Phi) is 10.4. The number of ether oxygens (including phenoxy) is 2. The van der Waals surface area contributed by atoms with E-state index in [1.807, 2.05) is 60.7 Å². The average molecular weight is 648 g/mol. The van der Waals surface area contributed by atoms with E-state index in [2.05, 4.69) is 34.5 Å². The first-order valence-electron chi connectivity index (χ1n) is 16.5. The van der Waals surface area contributed by atoms with Crippen LogP contribution in [0.1, 0.15) is 66.5 Å². The highest BCUT2D eigenvalue weighted by Crippen LogP contribution is 2.39. The van der Waals surface area contributed by atoms with E-state index in [1.54, 1.807) is 26.0 Å². The minimum absolute atomic E-state index is 0.0626. The van der Waals surface area contributed by atoms with Crippen LogP contribution in [0.2, 0.25) is 0 Å². The molecule has 1 N–H and O–H groups in total. The number of nitrogens with one attached hydrogen (secondary N) is 1. The Balaban J connectivity index is 1.12. The molecule has 0 bridgehead atoms. The zero-order chi connectivity index (χ0) is 33.5. The quantitative estimate of drug-likeness (QED) is 0.178. The van der Waals surface area contributed by atoms with Gasteiger partial charge in [-0.25, -0.2) is 4.79 Å². The molecule has 0 saturated carbocycles. The Hall–Kier alpha value is -5.15. The second kappa shape index (κ2) is 15.2. The van der Waals surface area contributed by atoms with Gasteiger partial charge in [-0.2, -0.15) is 0 Å². The second-order valence-electron chi connectivity index (χ2n) is 12.2. The molecule has 1 unspecified atom stereocenters. The van der Waals surface area contributed by atoms with Crippen molar-refractivity contribution in [3.8, 4) is 11.5 Å². The molecular weight excluding hydrogens is 606 g/mol. The van der Waals surface area contributed by atoms with Crippen LogP contribution in [0.4, 0.5) is 0 Å². The van der Waals surface area contributed by atoms with Gasteiger partial charge in [-0.3, -0.25) is 14.5 Å². The summed E-state index contributed by atoms with van der Waals surface area (Å²) in [6, 6.07) is 30.7. The van der Waals surface area contributed by atoms with Gasteiger partial charge in [-0.1, -0.05) is 60.7 Å². The van der Waals surface area contributed by atoms with Crippen molar-refractivity contribution < 1.29 is 28.3 Å². The number of rotatable bonds is 11. The molecule has 48 heavy (non-hydrogen) atoms. The Bertz CT molecular complexity index is 1760. The maximum Gasteiger partial charge on any atom is 0.336 e. The summed E-state index contributed by atoms with van der Waals surface area (Å²) in [5, 5.41) is 3.11. The standard InChI is InChI=1S/C39H41N3O6/c1-3-46-39(45)37-27(2)42(36(43)24-34(37)29-13-10-16-32(23-29)47-31-14-8-5-9-15-31)26-33-17-18-35(48-33)38(44)40-30-19-21-41(22-20-30)25-28-11-6-4-7-12-28/h4-18,23,30,34H,3,19-22,24-26H2,1-2H3,(H,40,44). The topological polar surface area (TPSA) is 101 Å². The molecular formula is C39H41N3O6. The first-order chi connectivity index (χ1) is 23.4. The second-order valence-corrected chi connectivity index (χ2v) is 12.2. The lowest BCUT2D eigenvalue weighted by Crippen LogP contribution is -2.44. The number of para-hydroxylation sites is 1. The van der Waals surface area contributed by atoms with Crippen LogP contribution in [-0.4, -0.2) is 53.3 Å². The Morgan fingerprint density at radius 2 is 1.58 bits per heavy atom. The van der Waals surface area contributed by atoms with E-state index in [-0.39, 0.29) is 43.2 Å². The lowest BCUT2D eigenvalue weighted by molar-refractivity contribution is -0.140. The third-order valence-corrected chi connectivity index (χ3v) is 8.93. The molecule has 1 fully saturated rings. The van der Waals surface area contributed by atoms with Gasteiger partial charge in [0.1, 0.15) is 17.3 Å². The molecule has 4 aromatic rings. The van der Waals surface area contributed by atoms with Crippen LogP contribution in [0.3, 0.4) is 0 Å². The Labute approximate surface area is 281 Å². The van der Waals surface area contributed by atoms with E-state index in [1.165, 1.54) is 10.5 Å². The van der Waals surface area contributed by atoms with Gasteiger partial charge in [-0.15, -0.1) is 0 Å². The molecule has 2 aliphatic rings. The highest BCUT2D eigenvalue weighted by atomic mass is 16.5. The molecule has 3 heterocycles. The zero-order valence-corrected chi connectivity index (χ0v) is 27.4. The molecule has 1 atom stereocenters. The van der Waals surface area contributed by atoms with E-state index >= 15 is 0 Å². The van der Waals surface area contributed by atoms with E-state index in [0.717, 1.165) is 38.0 Å². The molecule has 0 spiro atoms. The van der Waals surface area contributed by atoms with E-state index in [0.29, 0.717) is 28.5 Å². The van der Waals surface area contributed by atoms with Crippen molar-refractivity contribution in [2.45, 2.75) is 58.2 Å². The number of furan rings is 1. The summed E-state index contributed by atoms with van der Waals surface area (Å²) in [4.78, 5) is 44.0. The van der Waals surface area contributed by atoms with E-state index < -0.39 is 11.9 Å². The summed E-state index contributed by atoms with van der Waals surface area (Å²) in [5.41, 5.74) is 2.97. The van der Waals surface area contributed by atoms with Crippen LogP contribution >= 0.6 is 0 Å². The predicted octanol–water partition coefficient (Wildman–Crippen LogP) is 6.82. The number of hydrogen-bond donors (Lipinski definition) is 1. The van der Waals surface area contributed by atoms with Crippen molar-refractivity contribution in [1.29, 1.82) is 0 Å². The fourth-order valence-electron chi connectivity index (χ4n) is 6.46. The summed E-state index contributed by atoms with van der Waals surface area (Å²) in [6.45, 7) is 6.51. The zero-order valence-electron chi connectivity index (χ0n) is 27.4. The molecule has 0 radical (unpaired) electrons. The van der Waals surface area contributed by atoms with Gasteiger partial charge in [0.2, 0.25) is 5.91 Å². The van der Waals surface area contributed by atoms with Gasteiger partial charge in [0.15, 0.2) is 5.76 Å². The molecule has 3 aromatic carbocycles. The van der Waals surface area contributed by atoms with Crippen molar-refractivity contribution >= 4 is 17.8 Å². The minimum Gasteiger partial charge on any atom is -0.463 e. The summed E-state index contributed by atoms with van der Waals surface area (Å²) in [6.07, 6.45) is 1.78. The minimum atomic E-state index is -0.510. The van der Waals surface area contributed by atoms with E-state index in [4.69, 9.17) is 13.9 Å². The summed E-state index contributed by atoms with van der Waals surface area (Å²) in [5.74, 6) is 0.522. The summed E-state index contributed by atoms with van der Waals surface area (Å²) in [7, 11) is 0. The number of allylic oxidation sites excluding steroid dienone is 1. The number of likely N-dealkylation sites (tertiary alicyclic amines) is 1. The van der Waals surface area contributed by atoms with Crippen molar-refractivity contribution in [3.05, 3.63) is 131 Å². The van der Waals surface area contributed by atoms with Crippen molar-refractivity contribution in [1.82, 2.24) is 15.1 Å². The fraction of sp³-hybridized carbons (Fsp3) is 0.308. The third-order valence-electron chi connectivity index (χ3n) is 8.93. The van der Waals surface area contributed by atoms with Gasteiger partial charge in [-0.05, 0) is 74.2 Å². The van der Waals surface area contributed by atoms with Crippen LogP contribution in [-0.2, 0) is 27.4 Å². The lowest BCUT2D eigenvalue weighted by atomic mass is 9.83. The molecule has 9 nitrogen and oxygen atoms in total. The van der Waals surface area contributed by atoms with Crippen LogP contribution in [0.5, 0.6) is 11.5 Å². The molecule has 6 rings (SSSR count). The number of piperidine rings is 1. The molecule has 1 aromatic heterocycles. The number of hydrogen-bond acceptors (Lipinski definition) is 7. The fourth-order valence-corrected chi connectivity index (χ4v) is 6.46. The molecule has 2 amide bonds. The average Bonchev–Trinajstić information content (AvgIpc) is 3.57. The Morgan fingerprint density at radius 3 is 2.31 bits per heavy atom. The predicted molar refractivity (Wildman–Crippen MR) is 181 cm³/mol. The lowest BCUT2D eigenvalue weighted by Gasteiger charge is -2.34. The van der Waals surface area contributed by atoms with Crippen LogP contribution < -0.4 is 10.1 Å². The van der Waals surface area contributed by atoms with Crippen molar-refractivity contribution in [2.75, 3.05) is 19.7 Å². The van der Waals surface area contributed by atoms with Gasteiger partial charge in [0.05, 0.1) is 18.7 Å². The summed E-state index contributed by atoms with van der Waals surface area (Å²) >= 11 is 0. The SMILES string of the molecule is CCOC(=O)C1=C(C)N(Cc2ccc(C(=O)NC3CCN(Cc4ccccc4)CC3)o2)C(=O)CC1c1cccc(Oc2ccccc2)c1. The maximum atomic E-state index is 13.6. The van der Waals surface area contributed by atoms with Crippen molar-refractivity contribution in [3.63, 3.8) is 0 Å². The first-order valence-corrected chi connectivity index (χ1v) is 16.5. The van der Waals surface area contributed by atoms with Crippen LogP contribution in [0.15, 0.2) is 113 Å². The van der Waals surface area contributed by atoms with Gasteiger partial charge >= 0.3 is 5.97 Å². The highest BCUT2D eigenvalue weighted by molar-refractivity contribution is 5.96. The highest BCUT2D eigenvalue weighted by Gasteiger charge is 2.37. The molecule has 248 valence electrons. The smallest absolute Gasteiger partial charge is 0.336 e. The van der Waals surface area contributed by atoms with Crippen LogP contribution in [0, 0.1) is 0 Å². The third kappa shape index (κ3) is 7.86. The number of esters is 1. The monoisotopic (exact) mass is 647 g/mol.